The van der Waals surface area contributed by atoms with Gasteiger partial charge in [-0.1, -0.05) is 0 Å². The van der Waals surface area contributed by atoms with Gasteiger partial charge in [0.2, 0.25) is 0 Å². The maximum Gasteiger partial charge on any atom is 0.134 e. The Morgan fingerprint density at radius 3 is 2.70 bits per heavy atom. The smallest absolute Gasteiger partial charge is 0.134 e. The van der Waals surface area contributed by atoms with E-state index < -0.39 is 0 Å². The third-order valence-corrected chi connectivity index (χ3v) is 1.95. The average Bonchev–Trinajstić information content (AvgIpc) is 2.34. The van der Waals surface area contributed by atoms with Crippen molar-refractivity contribution in [3.63, 3.8) is 0 Å². The molecule has 58 valence electrons. The van der Waals surface area contributed by atoms with E-state index in [2.05, 4.69) is 5.32 Å². The predicted molar refractivity (Wildman–Crippen MR) is 37.6 cm³/mol. The van der Waals surface area contributed by atoms with Crippen LogP contribution in [0.3, 0.4) is 0 Å². The summed E-state index contributed by atoms with van der Waals surface area (Å²) in [6.07, 6.45) is 0.917. The van der Waals surface area contributed by atoms with Gasteiger partial charge in [-0.2, -0.15) is 0 Å². The summed E-state index contributed by atoms with van der Waals surface area (Å²) in [5, 5.41) is 3.09. The van der Waals surface area contributed by atoms with Crippen molar-refractivity contribution in [1.29, 1.82) is 0 Å². The van der Waals surface area contributed by atoms with Gasteiger partial charge in [-0.05, 0) is 13.3 Å². The number of hydrogen-bond acceptors (Lipinski definition) is 3. The van der Waals surface area contributed by atoms with Gasteiger partial charge in [-0.3, -0.25) is 10.1 Å². The van der Waals surface area contributed by atoms with E-state index in [-0.39, 0.29) is 17.9 Å². The number of Topliss-reactive ketones (excluding diaryl/α,β-unsaturated/α-hetero) is 1. The lowest BCUT2D eigenvalue weighted by atomic mass is 10.1. The topological polar surface area (TPSA) is 38.3 Å². The van der Waals surface area contributed by atoms with E-state index in [0.29, 0.717) is 0 Å². The molecular formula is C7H13NO2. The fourth-order valence-electron chi connectivity index (χ4n) is 1.19. The van der Waals surface area contributed by atoms with Crippen molar-refractivity contribution in [3.05, 3.63) is 0 Å². The number of carbonyl (C=O) groups excluding carboxylic acids is 1. The van der Waals surface area contributed by atoms with Crippen LogP contribution in [0, 0.1) is 5.92 Å². The van der Waals surface area contributed by atoms with Gasteiger partial charge in [0.25, 0.3) is 0 Å². The minimum absolute atomic E-state index is 0.0916. The first kappa shape index (κ1) is 7.69. The molecule has 0 radical (unpaired) electrons. The SMILES string of the molecule is COC1C[C@H](C(C)=O)CN1. The minimum atomic E-state index is 0.0916. The Balaban J connectivity index is 2.35. The molecule has 1 rings (SSSR count). The molecule has 1 fully saturated rings. The molecule has 2 atom stereocenters. The van der Waals surface area contributed by atoms with E-state index in [1.54, 1.807) is 14.0 Å². The Bertz CT molecular complexity index is 136. The van der Waals surface area contributed by atoms with Crippen LogP contribution in [-0.2, 0) is 9.53 Å². The van der Waals surface area contributed by atoms with Crippen LogP contribution in [0.4, 0.5) is 0 Å². The summed E-state index contributed by atoms with van der Waals surface area (Å²) in [5.74, 6) is 0.428. The van der Waals surface area contributed by atoms with Crippen molar-refractivity contribution in [1.82, 2.24) is 5.32 Å². The van der Waals surface area contributed by atoms with E-state index in [1.807, 2.05) is 0 Å². The number of carbonyl (C=O) groups is 1. The van der Waals surface area contributed by atoms with Gasteiger partial charge in [-0.25, -0.2) is 0 Å². The normalized spacial score (nSPS) is 32.6. The van der Waals surface area contributed by atoms with Gasteiger partial charge in [-0.15, -0.1) is 0 Å². The van der Waals surface area contributed by atoms with E-state index in [1.165, 1.54) is 0 Å². The van der Waals surface area contributed by atoms with Crippen molar-refractivity contribution in [2.45, 2.75) is 19.6 Å². The molecule has 0 bridgehead atoms. The third kappa shape index (κ3) is 1.55. The Hall–Kier alpha value is -0.410. The number of nitrogens with one attached hydrogen (secondary N) is 1. The number of ketones is 1. The molecule has 0 spiro atoms. The zero-order valence-electron chi connectivity index (χ0n) is 6.39. The van der Waals surface area contributed by atoms with Crippen LogP contribution in [0.25, 0.3) is 0 Å². The third-order valence-electron chi connectivity index (χ3n) is 1.95. The van der Waals surface area contributed by atoms with Crippen molar-refractivity contribution in [2.75, 3.05) is 13.7 Å². The Morgan fingerprint density at radius 2 is 2.40 bits per heavy atom. The number of hydrogen-bond donors (Lipinski definition) is 1. The fourth-order valence-corrected chi connectivity index (χ4v) is 1.19. The Kier molecular flexibility index (Phi) is 2.40. The molecule has 3 heteroatoms. The quantitative estimate of drug-likeness (QED) is 0.598. The molecule has 1 unspecified atom stereocenters. The van der Waals surface area contributed by atoms with Gasteiger partial charge >= 0.3 is 0 Å². The molecule has 0 saturated carbocycles. The first-order valence-electron chi connectivity index (χ1n) is 3.50. The first-order valence-corrected chi connectivity index (χ1v) is 3.50. The highest BCUT2D eigenvalue weighted by molar-refractivity contribution is 5.78. The van der Waals surface area contributed by atoms with Crippen LogP contribution in [0.2, 0.25) is 0 Å². The van der Waals surface area contributed by atoms with Crippen molar-refractivity contribution in [3.8, 4) is 0 Å². The summed E-state index contributed by atoms with van der Waals surface area (Å²) in [7, 11) is 1.65. The van der Waals surface area contributed by atoms with E-state index in [0.717, 1.165) is 13.0 Å². The monoisotopic (exact) mass is 143 g/mol. The molecule has 0 aromatic heterocycles. The Morgan fingerprint density at radius 1 is 1.70 bits per heavy atom. The highest BCUT2D eigenvalue weighted by Crippen LogP contribution is 2.14. The summed E-state index contributed by atoms with van der Waals surface area (Å²) in [6.45, 7) is 2.40. The highest BCUT2D eigenvalue weighted by Gasteiger charge is 2.26. The molecule has 1 aliphatic rings. The van der Waals surface area contributed by atoms with Crippen LogP contribution in [0.5, 0.6) is 0 Å². The maximum atomic E-state index is 10.8. The molecule has 0 aliphatic carbocycles. The van der Waals surface area contributed by atoms with Crippen molar-refractivity contribution < 1.29 is 9.53 Å². The zero-order chi connectivity index (χ0) is 7.56. The fraction of sp³-hybridized carbons (Fsp3) is 0.857. The zero-order valence-corrected chi connectivity index (χ0v) is 6.39. The largest absolute Gasteiger partial charge is 0.367 e. The standard InChI is InChI=1S/C7H13NO2/c1-5(9)6-3-7(10-2)8-4-6/h6-8H,3-4H2,1-2H3/t6-,7?/m0/s1. The van der Waals surface area contributed by atoms with Crippen molar-refractivity contribution in [2.24, 2.45) is 5.92 Å². The number of methoxy groups -OCH3 is 1. The lowest BCUT2D eigenvalue weighted by Crippen LogP contribution is -2.22. The van der Waals surface area contributed by atoms with Crippen LogP contribution >= 0.6 is 0 Å². The summed E-state index contributed by atoms with van der Waals surface area (Å²) >= 11 is 0. The summed E-state index contributed by atoms with van der Waals surface area (Å²) in [6, 6.07) is 0. The lowest BCUT2D eigenvalue weighted by Gasteiger charge is -2.05. The van der Waals surface area contributed by atoms with Crippen LogP contribution in [0.1, 0.15) is 13.3 Å². The number of rotatable bonds is 2. The highest BCUT2D eigenvalue weighted by atomic mass is 16.5. The van der Waals surface area contributed by atoms with E-state index in [9.17, 15) is 4.79 Å². The van der Waals surface area contributed by atoms with Crippen molar-refractivity contribution >= 4 is 5.78 Å². The molecular weight excluding hydrogens is 130 g/mol. The summed E-state index contributed by atoms with van der Waals surface area (Å²) in [5.41, 5.74) is 0. The van der Waals surface area contributed by atoms with Gasteiger partial charge in [0, 0.05) is 19.6 Å². The Labute approximate surface area is 60.7 Å². The molecule has 1 aliphatic heterocycles. The van der Waals surface area contributed by atoms with Crippen LogP contribution in [0.15, 0.2) is 0 Å². The molecule has 1 saturated heterocycles. The summed E-state index contributed by atoms with van der Waals surface area (Å²) < 4.78 is 5.03. The van der Waals surface area contributed by atoms with Crippen LogP contribution in [-0.4, -0.2) is 25.7 Å². The van der Waals surface area contributed by atoms with E-state index >= 15 is 0 Å². The van der Waals surface area contributed by atoms with Gasteiger partial charge in [0.1, 0.15) is 12.0 Å². The average molecular weight is 143 g/mol. The second-order valence-electron chi connectivity index (χ2n) is 2.68. The molecule has 10 heavy (non-hydrogen) atoms. The molecule has 0 aromatic rings. The van der Waals surface area contributed by atoms with Gasteiger partial charge < -0.3 is 4.74 Å². The maximum absolute atomic E-state index is 10.8. The molecule has 0 amide bonds. The van der Waals surface area contributed by atoms with Gasteiger partial charge in [0.15, 0.2) is 0 Å². The van der Waals surface area contributed by atoms with Crippen LogP contribution < -0.4 is 5.32 Å². The molecule has 3 nitrogen and oxygen atoms in total. The second-order valence-corrected chi connectivity index (χ2v) is 2.68. The lowest BCUT2D eigenvalue weighted by molar-refractivity contribution is -0.120. The summed E-state index contributed by atoms with van der Waals surface area (Å²) in [4.78, 5) is 10.8. The minimum Gasteiger partial charge on any atom is -0.367 e. The molecule has 1 heterocycles. The molecule has 1 N–H and O–H groups in total. The molecule has 0 aromatic carbocycles. The van der Waals surface area contributed by atoms with E-state index in [4.69, 9.17) is 4.74 Å². The second kappa shape index (κ2) is 3.12. The predicted octanol–water partition coefficient (Wildman–Crippen LogP) is 0.157. The number of ether oxygens (including phenoxy) is 1. The first-order chi connectivity index (χ1) is 4.74. The van der Waals surface area contributed by atoms with Gasteiger partial charge in [0.05, 0.1) is 0 Å².